The van der Waals surface area contributed by atoms with Gasteiger partial charge in [-0.1, -0.05) is 31.2 Å². The van der Waals surface area contributed by atoms with Crippen LogP contribution in [-0.2, 0) is 21.2 Å². The average Bonchev–Trinajstić information content (AvgIpc) is 2.72. The van der Waals surface area contributed by atoms with E-state index >= 15 is 0 Å². The monoisotopic (exact) mass is 438 g/mol. The molecule has 0 aliphatic heterocycles. The first kappa shape index (κ1) is 22.4. The topological polar surface area (TPSA) is 84.5 Å². The zero-order valence-electron chi connectivity index (χ0n) is 17.8. The molecular weight excluding hydrogens is 412 g/mol. The van der Waals surface area contributed by atoms with Crippen LogP contribution >= 0.6 is 0 Å². The highest BCUT2D eigenvalue weighted by atomic mass is 32.2. The maximum Gasteiger partial charge on any atom is 0.262 e. The van der Waals surface area contributed by atoms with Gasteiger partial charge in [-0.3, -0.25) is 9.52 Å². The summed E-state index contributed by atoms with van der Waals surface area (Å²) in [6.45, 7) is 5.67. The van der Waals surface area contributed by atoms with E-state index in [4.69, 9.17) is 4.74 Å². The first-order valence-corrected chi connectivity index (χ1v) is 11.5. The van der Waals surface area contributed by atoms with E-state index in [9.17, 15) is 13.2 Å². The molecule has 0 unspecified atom stereocenters. The van der Waals surface area contributed by atoms with Crippen LogP contribution in [0.2, 0.25) is 0 Å². The quantitative estimate of drug-likeness (QED) is 0.535. The summed E-state index contributed by atoms with van der Waals surface area (Å²) >= 11 is 0. The Hall–Kier alpha value is -3.32. The molecule has 3 aromatic carbocycles. The predicted octanol–water partition coefficient (Wildman–Crippen LogP) is 4.68. The number of nitrogens with one attached hydrogen (secondary N) is 2. The van der Waals surface area contributed by atoms with Crippen LogP contribution in [0.5, 0.6) is 5.75 Å². The molecule has 1 amide bonds. The summed E-state index contributed by atoms with van der Waals surface area (Å²) in [5, 5.41) is 2.83. The molecule has 0 radical (unpaired) electrons. The molecular formula is C24H26N2O4S. The molecule has 31 heavy (non-hydrogen) atoms. The van der Waals surface area contributed by atoms with Crippen LogP contribution in [0.1, 0.15) is 23.6 Å². The molecule has 0 saturated carbocycles. The Balaban J connectivity index is 1.61. The molecule has 3 aromatic rings. The Morgan fingerprint density at radius 2 is 1.58 bits per heavy atom. The highest BCUT2D eigenvalue weighted by Crippen LogP contribution is 2.21. The highest BCUT2D eigenvalue weighted by Gasteiger charge is 2.15. The van der Waals surface area contributed by atoms with Gasteiger partial charge in [-0.2, -0.15) is 0 Å². The minimum Gasteiger partial charge on any atom is -0.484 e. The lowest BCUT2D eigenvalue weighted by atomic mass is 10.1. The van der Waals surface area contributed by atoms with E-state index in [1.165, 1.54) is 24.3 Å². The molecule has 0 spiro atoms. The molecule has 6 nitrogen and oxygen atoms in total. The summed E-state index contributed by atoms with van der Waals surface area (Å²) in [4.78, 5) is 12.3. The number of hydrogen-bond acceptors (Lipinski definition) is 4. The molecule has 162 valence electrons. The van der Waals surface area contributed by atoms with Gasteiger partial charge in [0.1, 0.15) is 5.75 Å². The van der Waals surface area contributed by atoms with Gasteiger partial charge in [-0.05, 0) is 79.4 Å². The van der Waals surface area contributed by atoms with E-state index in [-0.39, 0.29) is 17.4 Å². The number of aryl methyl sites for hydroxylation is 3. The van der Waals surface area contributed by atoms with E-state index in [1.54, 1.807) is 12.1 Å². The van der Waals surface area contributed by atoms with E-state index in [2.05, 4.69) is 10.0 Å². The number of hydrogen-bond donors (Lipinski definition) is 2. The smallest absolute Gasteiger partial charge is 0.262 e. The second-order valence-corrected chi connectivity index (χ2v) is 8.98. The highest BCUT2D eigenvalue weighted by molar-refractivity contribution is 7.92. The Morgan fingerprint density at radius 1 is 0.935 bits per heavy atom. The Labute approximate surface area is 183 Å². The first-order chi connectivity index (χ1) is 14.8. The Bertz CT molecular complexity index is 1150. The molecule has 7 heteroatoms. The summed E-state index contributed by atoms with van der Waals surface area (Å²) in [5.74, 6) is 0.123. The van der Waals surface area contributed by atoms with Gasteiger partial charge < -0.3 is 10.1 Å². The zero-order valence-corrected chi connectivity index (χ0v) is 18.6. The van der Waals surface area contributed by atoms with Crippen LogP contribution in [0, 0.1) is 13.8 Å². The van der Waals surface area contributed by atoms with E-state index in [0.29, 0.717) is 11.4 Å². The Kier molecular flexibility index (Phi) is 6.97. The summed E-state index contributed by atoms with van der Waals surface area (Å²) < 4.78 is 33.4. The van der Waals surface area contributed by atoms with Crippen LogP contribution in [0.15, 0.2) is 71.6 Å². The number of sulfonamides is 1. The lowest BCUT2D eigenvalue weighted by Crippen LogP contribution is -2.21. The van der Waals surface area contributed by atoms with Crippen LogP contribution in [0.4, 0.5) is 11.4 Å². The van der Waals surface area contributed by atoms with Crippen LogP contribution < -0.4 is 14.8 Å². The standard InChI is InChI=1S/C24H26N2O4S/c1-4-19-7-5-6-8-23(19)25-24(27)16-30-21-9-11-22(12-10-21)31(28,29)26-20-14-17(2)13-18(3)15-20/h5-15,26H,4,16H2,1-3H3,(H,25,27). The molecule has 0 bridgehead atoms. The van der Waals surface area contributed by atoms with E-state index < -0.39 is 10.0 Å². The fourth-order valence-electron chi connectivity index (χ4n) is 3.25. The zero-order chi connectivity index (χ0) is 22.4. The number of benzene rings is 3. The van der Waals surface area contributed by atoms with Crippen LogP contribution in [0.3, 0.4) is 0 Å². The van der Waals surface area contributed by atoms with Gasteiger partial charge in [0.15, 0.2) is 6.61 Å². The third-order valence-electron chi connectivity index (χ3n) is 4.65. The van der Waals surface area contributed by atoms with E-state index in [1.807, 2.05) is 51.1 Å². The minimum atomic E-state index is -3.73. The molecule has 0 heterocycles. The summed E-state index contributed by atoms with van der Waals surface area (Å²) in [7, 11) is -3.73. The largest absolute Gasteiger partial charge is 0.484 e. The maximum absolute atomic E-state index is 12.6. The normalized spacial score (nSPS) is 11.1. The van der Waals surface area contributed by atoms with Crippen LogP contribution in [0.25, 0.3) is 0 Å². The summed E-state index contributed by atoms with van der Waals surface area (Å²) in [6, 6.07) is 19.1. The van der Waals surface area contributed by atoms with Gasteiger partial charge in [0.05, 0.1) is 4.90 Å². The van der Waals surface area contributed by atoms with Crippen molar-refractivity contribution < 1.29 is 17.9 Å². The minimum absolute atomic E-state index is 0.111. The van der Waals surface area contributed by atoms with Crippen LogP contribution in [-0.4, -0.2) is 20.9 Å². The van der Waals surface area contributed by atoms with Gasteiger partial charge in [0.25, 0.3) is 15.9 Å². The van der Waals surface area contributed by atoms with Gasteiger partial charge in [0.2, 0.25) is 0 Å². The number of carbonyl (C=O) groups is 1. The second-order valence-electron chi connectivity index (χ2n) is 7.30. The second kappa shape index (κ2) is 9.66. The number of para-hydroxylation sites is 1. The SMILES string of the molecule is CCc1ccccc1NC(=O)COc1ccc(S(=O)(=O)Nc2cc(C)cc(C)c2)cc1. The van der Waals surface area contributed by atoms with Crippen molar-refractivity contribution in [3.8, 4) is 5.75 Å². The van der Waals surface area contributed by atoms with E-state index in [0.717, 1.165) is 28.8 Å². The van der Waals surface area contributed by atoms with Crippen molar-refractivity contribution in [1.82, 2.24) is 0 Å². The predicted molar refractivity (Wildman–Crippen MR) is 123 cm³/mol. The molecule has 2 N–H and O–H groups in total. The molecule has 0 saturated heterocycles. The van der Waals surface area contributed by atoms with Gasteiger partial charge in [-0.25, -0.2) is 8.42 Å². The number of amides is 1. The van der Waals surface area contributed by atoms with Crippen molar-refractivity contribution in [2.45, 2.75) is 32.1 Å². The third kappa shape index (κ3) is 6.08. The summed E-state index contributed by atoms with van der Waals surface area (Å²) in [5.41, 5.74) is 4.27. The molecule has 0 aliphatic rings. The molecule has 0 aromatic heterocycles. The molecule has 0 atom stereocenters. The molecule has 0 aliphatic carbocycles. The number of rotatable bonds is 8. The number of carbonyl (C=O) groups excluding carboxylic acids is 1. The van der Waals surface area contributed by atoms with Crippen molar-refractivity contribution in [2.24, 2.45) is 0 Å². The maximum atomic E-state index is 12.6. The number of anilines is 2. The molecule has 3 rings (SSSR count). The van der Waals surface area contributed by atoms with Crippen molar-refractivity contribution in [2.75, 3.05) is 16.6 Å². The number of ether oxygens (including phenoxy) is 1. The van der Waals surface area contributed by atoms with Gasteiger partial charge in [0, 0.05) is 11.4 Å². The first-order valence-electron chi connectivity index (χ1n) is 9.98. The molecule has 0 fully saturated rings. The fraction of sp³-hybridized carbons (Fsp3) is 0.208. The lowest BCUT2D eigenvalue weighted by Gasteiger charge is -2.12. The third-order valence-corrected chi connectivity index (χ3v) is 6.05. The average molecular weight is 439 g/mol. The van der Waals surface area contributed by atoms with Gasteiger partial charge >= 0.3 is 0 Å². The fourth-order valence-corrected chi connectivity index (χ4v) is 4.29. The van der Waals surface area contributed by atoms with Crippen molar-refractivity contribution in [1.29, 1.82) is 0 Å². The lowest BCUT2D eigenvalue weighted by molar-refractivity contribution is -0.118. The summed E-state index contributed by atoms with van der Waals surface area (Å²) in [6.07, 6.45) is 0.809. The van der Waals surface area contributed by atoms with Crippen molar-refractivity contribution in [3.63, 3.8) is 0 Å². The Morgan fingerprint density at radius 3 is 2.23 bits per heavy atom. The van der Waals surface area contributed by atoms with Crippen molar-refractivity contribution in [3.05, 3.63) is 83.4 Å². The van der Waals surface area contributed by atoms with Gasteiger partial charge in [-0.15, -0.1) is 0 Å². The van der Waals surface area contributed by atoms with Crippen molar-refractivity contribution >= 4 is 27.3 Å².